The van der Waals surface area contributed by atoms with Crippen LogP contribution < -0.4 is 10.2 Å². The molecular formula is C23H29N5. The van der Waals surface area contributed by atoms with Crippen LogP contribution >= 0.6 is 0 Å². The SMILES string of the molecule is Cc1cc2nc(N3CCC(NCCc4ccccn4)CC3)nc(C)c2cc1C. The molecule has 1 aliphatic heterocycles. The van der Waals surface area contributed by atoms with E-state index in [0.29, 0.717) is 6.04 Å². The van der Waals surface area contributed by atoms with E-state index < -0.39 is 0 Å². The first-order valence-electron chi connectivity index (χ1n) is 10.2. The van der Waals surface area contributed by atoms with Crippen LogP contribution in [0.15, 0.2) is 36.5 Å². The number of rotatable bonds is 5. The fourth-order valence-corrected chi connectivity index (χ4v) is 3.90. The monoisotopic (exact) mass is 375 g/mol. The standard InChI is InChI=1S/C23H29N5/c1-16-14-21-18(3)26-23(27-22(21)15-17(16)2)28-12-8-20(9-13-28)25-11-7-19-6-4-5-10-24-19/h4-6,10,14-15,20,25H,7-9,11-13H2,1-3H3. The topological polar surface area (TPSA) is 53.9 Å². The molecule has 5 heteroatoms. The molecule has 1 aliphatic rings. The Hall–Kier alpha value is -2.53. The number of fused-ring (bicyclic) bond motifs is 1. The Kier molecular flexibility index (Phi) is 5.53. The van der Waals surface area contributed by atoms with Crippen molar-refractivity contribution in [2.75, 3.05) is 24.5 Å². The summed E-state index contributed by atoms with van der Waals surface area (Å²) in [6.45, 7) is 9.36. The minimum Gasteiger partial charge on any atom is -0.341 e. The number of anilines is 1. The highest BCUT2D eigenvalue weighted by Crippen LogP contribution is 2.24. The molecule has 0 bridgehead atoms. The number of nitrogens with one attached hydrogen (secondary N) is 1. The molecule has 0 radical (unpaired) electrons. The molecule has 0 unspecified atom stereocenters. The quantitative estimate of drug-likeness (QED) is 0.736. The lowest BCUT2D eigenvalue weighted by atomic mass is 10.0. The average molecular weight is 376 g/mol. The Morgan fingerprint density at radius 2 is 1.82 bits per heavy atom. The molecule has 0 aliphatic carbocycles. The zero-order chi connectivity index (χ0) is 19.5. The van der Waals surface area contributed by atoms with Gasteiger partial charge in [0.15, 0.2) is 0 Å². The third-order valence-corrected chi connectivity index (χ3v) is 5.81. The van der Waals surface area contributed by atoms with E-state index in [9.17, 15) is 0 Å². The molecule has 1 N–H and O–H groups in total. The number of piperidine rings is 1. The lowest BCUT2D eigenvalue weighted by Crippen LogP contribution is -2.43. The summed E-state index contributed by atoms with van der Waals surface area (Å²) in [6.07, 6.45) is 5.08. The number of nitrogens with zero attached hydrogens (tertiary/aromatic N) is 4. The number of pyridine rings is 1. The number of hydrogen-bond acceptors (Lipinski definition) is 5. The Morgan fingerprint density at radius 3 is 2.57 bits per heavy atom. The van der Waals surface area contributed by atoms with Gasteiger partial charge in [0.1, 0.15) is 0 Å². The van der Waals surface area contributed by atoms with E-state index in [1.165, 1.54) is 11.1 Å². The van der Waals surface area contributed by atoms with Crippen molar-refractivity contribution in [3.63, 3.8) is 0 Å². The summed E-state index contributed by atoms with van der Waals surface area (Å²) in [6, 6.07) is 11.1. The molecular weight excluding hydrogens is 346 g/mol. The maximum atomic E-state index is 4.87. The molecule has 5 nitrogen and oxygen atoms in total. The van der Waals surface area contributed by atoms with Crippen LogP contribution in [0.5, 0.6) is 0 Å². The number of aryl methyl sites for hydroxylation is 3. The summed E-state index contributed by atoms with van der Waals surface area (Å²) in [5, 5.41) is 4.85. The Labute approximate surface area is 167 Å². The Morgan fingerprint density at radius 1 is 1.04 bits per heavy atom. The number of benzene rings is 1. The smallest absolute Gasteiger partial charge is 0.226 e. The zero-order valence-corrected chi connectivity index (χ0v) is 17.1. The van der Waals surface area contributed by atoms with Crippen LogP contribution in [0.25, 0.3) is 10.9 Å². The highest BCUT2D eigenvalue weighted by atomic mass is 15.3. The zero-order valence-electron chi connectivity index (χ0n) is 17.1. The van der Waals surface area contributed by atoms with Gasteiger partial charge in [-0.1, -0.05) is 6.07 Å². The molecule has 0 saturated carbocycles. The molecule has 0 amide bonds. The molecule has 3 aromatic rings. The van der Waals surface area contributed by atoms with Crippen LogP contribution in [-0.4, -0.2) is 40.6 Å². The normalized spacial score (nSPS) is 15.3. The number of aromatic nitrogens is 3. The fraction of sp³-hybridized carbons (Fsp3) is 0.435. The average Bonchev–Trinajstić information content (AvgIpc) is 2.71. The van der Waals surface area contributed by atoms with Crippen molar-refractivity contribution in [3.05, 3.63) is 59.0 Å². The first-order valence-corrected chi connectivity index (χ1v) is 10.2. The van der Waals surface area contributed by atoms with Gasteiger partial charge in [-0.05, 0) is 69.0 Å². The van der Waals surface area contributed by atoms with Gasteiger partial charge < -0.3 is 10.2 Å². The van der Waals surface area contributed by atoms with E-state index in [-0.39, 0.29) is 0 Å². The van der Waals surface area contributed by atoms with Gasteiger partial charge in [0, 0.05) is 49.4 Å². The van der Waals surface area contributed by atoms with Gasteiger partial charge in [-0.2, -0.15) is 0 Å². The van der Waals surface area contributed by atoms with E-state index in [1.54, 1.807) is 0 Å². The van der Waals surface area contributed by atoms with Crippen LogP contribution in [0.4, 0.5) is 5.95 Å². The van der Waals surface area contributed by atoms with E-state index >= 15 is 0 Å². The molecule has 1 aromatic carbocycles. The van der Waals surface area contributed by atoms with Crippen molar-refractivity contribution < 1.29 is 0 Å². The predicted octanol–water partition coefficient (Wildman–Crippen LogP) is 3.75. The molecule has 4 rings (SSSR count). The second-order valence-corrected chi connectivity index (χ2v) is 7.85. The van der Waals surface area contributed by atoms with Gasteiger partial charge in [0.05, 0.1) is 11.2 Å². The van der Waals surface area contributed by atoms with Crippen molar-refractivity contribution >= 4 is 16.9 Å². The lowest BCUT2D eigenvalue weighted by Gasteiger charge is -2.32. The summed E-state index contributed by atoms with van der Waals surface area (Å²) in [7, 11) is 0. The molecule has 146 valence electrons. The molecule has 0 atom stereocenters. The third kappa shape index (κ3) is 4.14. The second-order valence-electron chi connectivity index (χ2n) is 7.85. The first kappa shape index (κ1) is 18.8. The summed E-state index contributed by atoms with van der Waals surface area (Å²) in [5.74, 6) is 0.875. The van der Waals surface area contributed by atoms with Gasteiger partial charge >= 0.3 is 0 Å². The summed E-state index contributed by atoms with van der Waals surface area (Å²) < 4.78 is 0. The predicted molar refractivity (Wildman–Crippen MR) is 115 cm³/mol. The maximum absolute atomic E-state index is 4.87. The van der Waals surface area contributed by atoms with Crippen LogP contribution in [0, 0.1) is 20.8 Å². The van der Waals surface area contributed by atoms with Crippen molar-refractivity contribution in [3.8, 4) is 0 Å². The van der Waals surface area contributed by atoms with Crippen LogP contribution in [0.2, 0.25) is 0 Å². The van der Waals surface area contributed by atoms with Crippen LogP contribution in [0.1, 0.15) is 35.4 Å². The van der Waals surface area contributed by atoms with Crippen molar-refractivity contribution in [1.82, 2.24) is 20.3 Å². The molecule has 3 heterocycles. The number of hydrogen-bond donors (Lipinski definition) is 1. The summed E-state index contributed by atoms with van der Waals surface area (Å²) in [5.41, 5.74) is 5.86. The van der Waals surface area contributed by atoms with Crippen LogP contribution in [-0.2, 0) is 6.42 Å². The van der Waals surface area contributed by atoms with Gasteiger partial charge in [0.25, 0.3) is 0 Å². The minimum atomic E-state index is 0.561. The Balaban J connectivity index is 1.36. The maximum Gasteiger partial charge on any atom is 0.226 e. The van der Waals surface area contributed by atoms with Gasteiger partial charge in [-0.25, -0.2) is 9.97 Å². The van der Waals surface area contributed by atoms with E-state index in [0.717, 1.165) is 67.1 Å². The molecule has 0 spiro atoms. The van der Waals surface area contributed by atoms with E-state index in [4.69, 9.17) is 9.97 Å². The first-order chi connectivity index (χ1) is 13.6. The highest BCUT2D eigenvalue weighted by molar-refractivity contribution is 5.83. The van der Waals surface area contributed by atoms with E-state index in [1.807, 2.05) is 12.3 Å². The third-order valence-electron chi connectivity index (χ3n) is 5.81. The summed E-state index contributed by atoms with van der Waals surface area (Å²) >= 11 is 0. The van der Waals surface area contributed by atoms with Crippen molar-refractivity contribution in [2.24, 2.45) is 0 Å². The van der Waals surface area contributed by atoms with Gasteiger partial charge in [-0.15, -0.1) is 0 Å². The summed E-state index contributed by atoms with van der Waals surface area (Å²) in [4.78, 5) is 16.4. The second kappa shape index (κ2) is 8.23. The Bertz CT molecular complexity index is 946. The van der Waals surface area contributed by atoms with Crippen LogP contribution in [0.3, 0.4) is 0 Å². The van der Waals surface area contributed by atoms with E-state index in [2.05, 4.69) is 60.2 Å². The van der Waals surface area contributed by atoms with Crippen molar-refractivity contribution in [2.45, 2.75) is 46.1 Å². The molecule has 1 fully saturated rings. The van der Waals surface area contributed by atoms with Crippen molar-refractivity contribution in [1.29, 1.82) is 0 Å². The van der Waals surface area contributed by atoms with Gasteiger partial charge in [-0.3, -0.25) is 4.98 Å². The van der Waals surface area contributed by atoms with Gasteiger partial charge in [0.2, 0.25) is 5.95 Å². The molecule has 1 saturated heterocycles. The minimum absolute atomic E-state index is 0.561. The highest BCUT2D eigenvalue weighted by Gasteiger charge is 2.21. The largest absolute Gasteiger partial charge is 0.341 e. The molecule has 2 aromatic heterocycles. The lowest BCUT2D eigenvalue weighted by molar-refractivity contribution is 0.414. The fourth-order valence-electron chi connectivity index (χ4n) is 3.90. The molecule has 28 heavy (non-hydrogen) atoms.